The van der Waals surface area contributed by atoms with Gasteiger partial charge in [0.1, 0.15) is 5.69 Å². The maximum atomic E-state index is 12.5. The van der Waals surface area contributed by atoms with E-state index in [-0.39, 0.29) is 5.91 Å². The van der Waals surface area contributed by atoms with Gasteiger partial charge in [0.15, 0.2) is 0 Å². The molecule has 1 aromatic rings. The van der Waals surface area contributed by atoms with Crippen molar-refractivity contribution in [1.29, 1.82) is 0 Å². The number of β-amino-alcohol motifs (C(OH)–C–C–N with tert-alkyl or cyclic N) is 1. The fraction of sp³-hybridized carbons (Fsp3) is 0.737. The van der Waals surface area contributed by atoms with Gasteiger partial charge < -0.3 is 10.0 Å². The van der Waals surface area contributed by atoms with Gasteiger partial charge in [0, 0.05) is 44.6 Å². The number of carbonyl (C=O) groups excluding carboxylic acids is 1. The quantitative estimate of drug-likeness (QED) is 0.901. The van der Waals surface area contributed by atoms with Gasteiger partial charge >= 0.3 is 0 Å². The first-order valence-electron chi connectivity index (χ1n) is 9.59. The van der Waals surface area contributed by atoms with Crippen molar-refractivity contribution in [1.82, 2.24) is 19.8 Å². The van der Waals surface area contributed by atoms with Crippen LogP contribution in [0, 0.1) is 11.8 Å². The highest BCUT2D eigenvalue weighted by Gasteiger charge is 2.51. The molecule has 1 aliphatic carbocycles. The third-order valence-corrected chi connectivity index (χ3v) is 6.68. The fourth-order valence-electron chi connectivity index (χ4n) is 4.78. The SMILES string of the molecule is C[C@@H]1CN(C2CCN(C(=O)c3cnccn3)CC2)C[C@@]1(O)C1CCC1. The van der Waals surface area contributed by atoms with Gasteiger partial charge in [-0.3, -0.25) is 14.7 Å². The number of piperidine rings is 1. The predicted molar refractivity (Wildman–Crippen MR) is 94.0 cm³/mol. The van der Waals surface area contributed by atoms with E-state index in [0.717, 1.165) is 39.0 Å². The Hall–Kier alpha value is -1.53. The van der Waals surface area contributed by atoms with E-state index in [1.807, 2.05) is 4.90 Å². The summed E-state index contributed by atoms with van der Waals surface area (Å²) in [5, 5.41) is 11.1. The lowest BCUT2D eigenvalue weighted by atomic mass is 9.69. The van der Waals surface area contributed by atoms with Gasteiger partial charge in [-0.1, -0.05) is 13.3 Å². The number of hydrogen-bond donors (Lipinski definition) is 1. The second kappa shape index (κ2) is 6.65. The van der Waals surface area contributed by atoms with E-state index in [9.17, 15) is 9.90 Å². The molecule has 0 aromatic carbocycles. The molecule has 3 fully saturated rings. The summed E-state index contributed by atoms with van der Waals surface area (Å²) in [6.07, 6.45) is 10.3. The number of hydrogen-bond acceptors (Lipinski definition) is 5. The van der Waals surface area contributed by atoms with Crippen LogP contribution in [0.25, 0.3) is 0 Å². The van der Waals surface area contributed by atoms with Crippen LogP contribution >= 0.6 is 0 Å². The Morgan fingerprint density at radius 2 is 2.00 bits per heavy atom. The third-order valence-electron chi connectivity index (χ3n) is 6.68. The smallest absolute Gasteiger partial charge is 0.274 e. The number of likely N-dealkylation sites (tertiary alicyclic amines) is 2. The van der Waals surface area contributed by atoms with Crippen molar-refractivity contribution in [3.8, 4) is 0 Å². The van der Waals surface area contributed by atoms with Crippen molar-refractivity contribution in [2.45, 2.75) is 50.7 Å². The molecule has 6 nitrogen and oxygen atoms in total. The standard InChI is InChI=1S/C19H28N4O2/c1-14-12-23(13-19(14,25)15-3-2-4-15)16-5-9-22(10-6-16)18(24)17-11-20-7-8-21-17/h7-8,11,14-16,25H,2-6,9-10,12-13H2,1H3/t14-,19+/m1/s1. The lowest BCUT2D eigenvalue weighted by Crippen LogP contribution is -2.50. The van der Waals surface area contributed by atoms with E-state index in [1.54, 1.807) is 12.4 Å². The minimum absolute atomic E-state index is 0.0210. The topological polar surface area (TPSA) is 69.6 Å². The molecule has 2 atom stereocenters. The zero-order valence-corrected chi connectivity index (χ0v) is 15.0. The van der Waals surface area contributed by atoms with E-state index >= 15 is 0 Å². The summed E-state index contributed by atoms with van der Waals surface area (Å²) in [6, 6.07) is 0.474. The van der Waals surface area contributed by atoms with Crippen LogP contribution in [0.2, 0.25) is 0 Å². The predicted octanol–water partition coefficient (Wildman–Crippen LogP) is 1.56. The minimum Gasteiger partial charge on any atom is -0.388 e. The first-order valence-corrected chi connectivity index (χ1v) is 9.59. The molecular formula is C19H28N4O2. The number of aliphatic hydroxyl groups is 1. The highest BCUT2D eigenvalue weighted by Crippen LogP contribution is 2.45. The summed E-state index contributed by atoms with van der Waals surface area (Å²) in [4.78, 5) is 25.0. The number of rotatable bonds is 3. The highest BCUT2D eigenvalue weighted by molar-refractivity contribution is 5.92. The Morgan fingerprint density at radius 3 is 2.60 bits per heavy atom. The normalized spacial score (nSPS) is 31.9. The molecular weight excluding hydrogens is 316 g/mol. The largest absolute Gasteiger partial charge is 0.388 e. The van der Waals surface area contributed by atoms with Crippen LogP contribution in [-0.4, -0.2) is 68.6 Å². The second-order valence-electron chi connectivity index (χ2n) is 8.06. The Morgan fingerprint density at radius 1 is 1.24 bits per heavy atom. The molecule has 136 valence electrons. The van der Waals surface area contributed by atoms with Crippen LogP contribution in [0.15, 0.2) is 18.6 Å². The van der Waals surface area contributed by atoms with Crippen molar-refractivity contribution in [3.63, 3.8) is 0 Å². The van der Waals surface area contributed by atoms with Gasteiger partial charge in [0.25, 0.3) is 5.91 Å². The van der Waals surface area contributed by atoms with Crippen LogP contribution in [0.3, 0.4) is 0 Å². The van der Waals surface area contributed by atoms with Gasteiger partial charge in [-0.2, -0.15) is 0 Å². The van der Waals surface area contributed by atoms with Crippen molar-refractivity contribution in [2.75, 3.05) is 26.2 Å². The van der Waals surface area contributed by atoms with Gasteiger partial charge in [0.05, 0.1) is 11.8 Å². The van der Waals surface area contributed by atoms with Crippen LogP contribution in [0.5, 0.6) is 0 Å². The van der Waals surface area contributed by atoms with Gasteiger partial charge in [-0.05, 0) is 37.5 Å². The number of carbonyl (C=O) groups is 1. The zero-order chi connectivity index (χ0) is 17.4. The van der Waals surface area contributed by atoms with Crippen LogP contribution in [0.1, 0.15) is 49.5 Å². The summed E-state index contributed by atoms with van der Waals surface area (Å²) in [5.74, 6) is 0.815. The first-order chi connectivity index (χ1) is 12.1. The molecule has 0 bridgehead atoms. The maximum absolute atomic E-state index is 12.5. The molecule has 2 aliphatic heterocycles. The third kappa shape index (κ3) is 3.06. The summed E-state index contributed by atoms with van der Waals surface area (Å²) >= 11 is 0. The minimum atomic E-state index is -0.495. The molecule has 3 aliphatic rings. The lowest BCUT2D eigenvalue weighted by molar-refractivity contribution is -0.0692. The molecule has 0 spiro atoms. The molecule has 3 heterocycles. The van der Waals surface area contributed by atoms with Gasteiger partial charge in [-0.15, -0.1) is 0 Å². The Kier molecular flexibility index (Phi) is 4.50. The fourth-order valence-corrected chi connectivity index (χ4v) is 4.78. The number of amides is 1. The lowest BCUT2D eigenvalue weighted by Gasteiger charge is -2.42. The average molecular weight is 344 g/mol. The molecule has 6 heteroatoms. The van der Waals surface area contributed by atoms with E-state index < -0.39 is 5.60 Å². The molecule has 2 saturated heterocycles. The average Bonchev–Trinajstić information content (AvgIpc) is 2.89. The number of aromatic nitrogens is 2. The van der Waals surface area contributed by atoms with Crippen molar-refractivity contribution in [3.05, 3.63) is 24.3 Å². The van der Waals surface area contributed by atoms with Crippen LogP contribution < -0.4 is 0 Å². The van der Waals surface area contributed by atoms with E-state index in [0.29, 0.717) is 23.6 Å². The molecule has 0 unspecified atom stereocenters. The number of nitrogens with zero attached hydrogens (tertiary/aromatic N) is 4. The van der Waals surface area contributed by atoms with Crippen LogP contribution in [-0.2, 0) is 0 Å². The Labute approximate surface area is 149 Å². The molecule has 1 aromatic heterocycles. The summed E-state index contributed by atoms with van der Waals surface area (Å²) in [5.41, 5.74) is -0.0692. The van der Waals surface area contributed by atoms with E-state index in [2.05, 4.69) is 21.8 Å². The second-order valence-corrected chi connectivity index (χ2v) is 8.06. The monoisotopic (exact) mass is 344 g/mol. The molecule has 1 amide bonds. The van der Waals surface area contributed by atoms with Gasteiger partial charge in [-0.25, -0.2) is 4.98 Å². The molecule has 0 radical (unpaired) electrons. The summed E-state index contributed by atoms with van der Waals surface area (Å²) < 4.78 is 0. The molecule has 25 heavy (non-hydrogen) atoms. The van der Waals surface area contributed by atoms with Crippen molar-refractivity contribution < 1.29 is 9.90 Å². The summed E-state index contributed by atoms with van der Waals surface area (Å²) in [7, 11) is 0. The van der Waals surface area contributed by atoms with Crippen LogP contribution in [0.4, 0.5) is 0 Å². The highest BCUT2D eigenvalue weighted by atomic mass is 16.3. The molecule has 1 N–H and O–H groups in total. The maximum Gasteiger partial charge on any atom is 0.274 e. The Bertz CT molecular complexity index is 613. The molecule has 1 saturated carbocycles. The van der Waals surface area contributed by atoms with E-state index in [1.165, 1.54) is 25.5 Å². The summed E-state index contributed by atoms with van der Waals surface area (Å²) in [6.45, 7) is 5.50. The molecule has 4 rings (SSSR count). The first kappa shape index (κ1) is 16.9. The van der Waals surface area contributed by atoms with Crippen molar-refractivity contribution in [2.24, 2.45) is 11.8 Å². The Balaban J connectivity index is 1.34. The van der Waals surface area contributed by atoms with Crippen molar-refractivity contribution >= 4 is 5.91 Å². The van der Waals surface area contributed by atoms with E-state index in [4.69, 9.17) is 0 Å². The van der Waals surface area contributed by atoms with Gasteiger partial charge in [0.2, 0.25) is 0 Å². The zero-order valence-electron chi connectivity index (χ0n) is 15.0.